The van der Waals surface area contributed by atoms with E-state index in [9.17, 15) is 14.4 Å². The number of ketones is 1. The Morgan fingerprint density at radius 2 is 1.94 bits per heavy atom. The average Bonchev–Trinajstić information content (AvgIpc) is 3.01. The summed E-state index contributed by atoms with van der Waals surface area (Å²) in [5.41, 5.74) is 1.07. The number of amides is 1. The van der Waals surface area contributed by atoms with E-state index >= 15 is 0 Å². The molecule has 0 fully saturated rings. The number of hydrogen-bond acceptors (Lipinski definition) is 6. The largest absolute Gasteiger partial charge is 0.477 e. The summed E-state index contributed by atoms with van der Waals surface area (Å²) >= 11 is 6.03. The predicted molar refractivity (Wildman–Crippen MR) is 139 cm³/mol. The van der Waals surface area contributed by atoms with Crippen LogP contribution in [0.4, 0.5) is 5.69 Å². The number of anilines is 1. The van der Waals surface area contributed by atoms with Crippen molar-refractivity contribution in [3.05, 3.63) is 62.8 Å². The van der Waals surface area contributed by atoms with Gasteiger partial charge >= 0.3 is 0 Å². The zero-order valence-electron chi connectivity index (χ0n) is 21.5. The number of hydrogen-bond donors (Lipinski definition) is 1. The minimum absolute atomic E-state index is 0.128. The summed E-state index contributed by atoms with van der Waals surface area (Å²) in [6.45, 7) is 9.62. The molecular weight excluding hydrogens is 482 g/mol. The average molecular weight is 514 g/mol. The molecule has 0 bridgehead atoms. The fraction of sp³-hybridized carbons (Fsp3) is 0.423. The first-order chi connectivity index (χ1) is 16.9. The molecule has 3 aromatic heterocycles. The van der Waals surface area contributed by atoms with Gasteiger partial charge in [-0.15, -0.1) is 0 Å². The third kappa shape index (κ3) is 6.20. The molecule has 9 nitrogen and oxygen atoms in total. The molecular formula is C26H32ClN5O4. The maximum atomic E-state index is 13.1. The number of aromatic nitrogens is 4. The third-order valence-electron chi connectivity index (χ3n) is 5.98. The van der Waals surface area contributed by atoms with Gasteiger partial charge in [0.1, 0.15) is 5.69 Å². The van der Waals surface area contributed by atoms with Crippen molar-refractivity contribution < 1.29 is 14.3 Å². The van der Waals surface area contributed by atoms with Crippen LogP contribution in [0.15, 0.2) is 35.3 Å². The molecule has 0 aliphatic rings. The van der Waals surface area contributed by atoms with Crippen LogP contribution in [0.2, 0.25) is 5.02 Å². The number of nitrogens with zero attached hydrogens (tertiary/aromatic N) is 4. The Kier molecular flexibility index (Phi) is 8.35. The van der Waals surface area contributed by atoms with Crippen LogP contribution >= 0.6 is 11.6 Å². The van der Waals surface area contributed by atoms with Gasteiger partial charge in [0.05, 0.1) is 22.9 Å². The van der Waals surface area contributed by atoms with E-state index in [2.05, 4.69) is 15.3 Å². The summed E-state index contributed by atoms with van der Waals surface area (Å²) < 4.78 is 8.55. The lowest BCUT2D eigenvalue weighted by molar-refractivity contribution is -0.118. The summed E-state index contributed by atoms with van der Waals surface area (Å²) in [5.74, 6) is 0.268. The molecule has 0 aliphatic heterocycles. The molecule has 0 saturated carbocycles. The molecule has 3 rings (SSSR count). The normalized spacial score (nSPS) is 11.4. The lowest BCUT2D eigenvalue weighted by Crippen LogP contribution is -2.27. The van der Waals surface area contributed by atoms with Crippen molar-refractivity contribution in [2.24, 2.45) is 12.5 Å². The molecule has 0 atom stereocenters. The first-order valence-electron chi connectivity index (χ1n) is 11.8. The van der Waals surface area contributed by atoms with Crippen LogP contribution in [-0.4, -0.2) is 37.6 Å². The van der Waals surface area contributed by atoms with Gasteiger partial charge in [-0.25, -0.2) is 9.97 Å². The smallest absolute Gasteiger partial charge is 0.296 e. The fourth-order valence-corrected chi connectivity index (χ4v) is 4.09. The van der Waals surface area contributed by atoms with Crippen molar-refractivity contribution in [2.75, 3.05) is 11.9 Å². The Bertz CT molecular complexity index is 1340. The van der Waals surface area contributed by atoms with E-state index in [-0.39, 0.29) is 41.7 Å². The molecule has 3 heterocycles. The topological polar surface area (TPSA) is 108 Å². The van der Waals surface area contributed by atoms with E-state index in [0.29, 0.717) is 35.1 Å². The lowest BCUT2D eigenvalue weighted by Gasteiger charge is -2.23. The van der Waals surface area contributed by atoms with Crippen molar-refractivity contribution in [2.45, 2.75) is 53.9 Å². The van der Waals surface area contributed by atoms with E-state index < -0.39 is 5.41 Å². The molecule has 0 aliphatic carbocycles. The number of carbonyl (C=O) groups is 2. The summed E-state index contributed by atoms with van der Waals surface area (Å²) in [4.78, 5) is 47.4. The van der Waals surface area contributed by atoms with Crippen molar-refractivity contribution >= 4 is 29.0 Å². The van der Waals surface area contributed by atoms with Crippen LogP contribution in [0.3, 0.4) is 0 Å². The van der Waals surface area contributed by atoms with Gasteiger partial charge in [0.2, 0.25) is 11.8 Å². The van der Waals surface area contributed by atoms with Crippen LogP contribution in [-0.2, 0) is 11.8 Å². The summed E-state index contributed by atoms with van der Waals surface area (Å²) in [7, 11) is 1.74. The minimum Gasteiger partial charge on any atom is -0.477 e. The molecule has 1 N–H and O–H groups in total. The number of ether oxygens (including phenoxy) is 1. The Morgan fingerprint density at radius 1 is 1.22 bits per heavy atom. The van der Waals surface area contributed by atoms with Gasteiger partial charge in [-0.3, -0.25) is 19.1 Å². The monoisotopic (exact) mass is 513 g/mol. The second-order valence-corrected chi connectivity index (χ2v) is 9.93. The highest BCUT2D eigenvalue weighted by molar-refractivity contribution is 6.30. The molecule has 0 radical (unpaired) electrons. The van der Waals surface area contributed by atoms with Crippen LogP contribution in [0.25, 0.3) is 5.82 Å². The highest BCUT2D eigenvalue weighted by atomic mass is 35.5. The predicted octanol–water partition coefficient (Wildman–Crippen LogP) is 4.65. The first kappa shape index (κ1) is 27.1. The number of pyridine rings is 2. The van der Waals surface area contributed by atoms with Gasteiger partial charge in [-0.1, -0.05) is 31.5 Å². The van der Waals surface area contributed by atoms with Crippen LogP contribution < -0.4 is 15.6 Å². The highest BCUT2D eigenvalue weighted by Crippen LogP contribution is 2.30. The Morgan fingerprint density at radius 3 is 2.61 bits per heavy atom. The van der Waals surface area contributed by atoms with Crippen molar-refractivity contribution in [1.82, 2.24) is 19.3 Å². The quantitative estimate of drug-likeness (QED) is 0.395. The summed E-state index contributed by atoms with van der Waals surface area (Å²) in [5, 5.41) is 3.13. The molecule has 3 aromatic rings. The van der Waals surface area contributed by atoms with E-state index in [1.54, 1.807) is 30.8 Å². The number of carbonyl (C=O) groups excluding carboxylic acids is 2. The van der Waals surface area contributed by atoms with Crippen LogP contribution in [0, 0.1) is 19.3 Å². The van der Waals surface area contributed by atoms with Gasteiger partial charge in [0.25, 0.3) is 5.56 Å². The molecule has 1 amide bonds. The van der Waals surface area contributed by atoms with Crippen LogP contribution in [0.5, 0.6) is 5.88 Å². The molecule has 0 saturated heterocycles. The van der Waals surface area contributed by atoms with E-state index in [1.165, 1.54) is 10.9 Å². The number of Topliss-reactive ketones (excluding diaryl/α,β-unsaturated/α-hetero) is 1. The van der Waals surface area contributed by atoms with E-state index in [1.807, 2.05) is 39.8 Å². The summed E-state index contributed by atoms with van der Waals surface area (Å²) in [6.07, 6.45) is 2.20. The second-order valence-electron chi connectivity index (χ2n) is 9.49. The zero-order valence-corrected chi connectivity index (χ0v) is 22.3. The van der Waals surface area contributed by atoms with Crippen molar-refractivity contribution in [3.8, 4) is 11.7 Å². The molecule has 10 heteroatoms. The van der Waals surface area contributed by atoms with Crippen molar-refractivity contribution in [1.29, 1.82) is 0 Å². The number of rotatable bonds is 10. The maximum absolute atomic E-state index is 13.1. The number of nitrogens with one attached hydrogen (secondary N) is 1. The number of aryl methyl sites for hydroxylation is 1. The SMILES string of the molecule is CCOc1ncc(Cl)cc1C(=O)CCC(C)(C)CC(=O)Nc1c(C)n(C)n(-c2cccc(C)n2)c1=O. The molecule has 192 valence electrons. The minimum atomic E-state index is -0.503. The zero-order chi connectivity index (χ0) is 26.6. The fourth-order valence-electron chi connectivity index (χ4n) is 3.93. The first-order valence-corrected chi connectivity index (χ1v) is 12.2. The molecule has 0 spiro atoms. The van der Waals surface area contributed by atoms with Gasteiger partial charge in [0, 0.05) is 31.8 Å². The highest BCUT2D eigenvalue weighted by Gasteiger charge is 2.26. The molecule has 36 heavy (non-hydrogen) atoms. The Labute approximate surface area is 215 Å². The summed E-state index contributed by atoms with van der Waals surface area (Å²) in [6, 6.07) is 6.96. The third-order valence-corrected chi connectivity index (χ3v) is 6.18. The Balaban J connectivity index is 1.70. The molecule has 0 unspecified atom stereocenters. The molecule has 0 aromatic carbocycles. The maximum Gasteiger partial charge on any atom is 0.296 e. The second kappa shape index (κ2) is 11.1. The lowest BCUT2D eigenvalue weighted by atomic mass is 9.83. The number of halogens is 1. The van der Waals surface area contributed by atoms with Gasteiger partial charge in [0.15, 0.2) is 11.6 Å². The standard InChI is InChI=1S/C26H32ClN5O4/c1-7-36-24-19(13-18(27)15-28-24)20(33)11-12-26(4,5)14-22(34)30-23-17(3)31(6)32(25(23)35)21-10-8-9-16(2)29-21/h8-10,13,15H,7,11-12,14H2,1-6H3,(H,30,34). The van der Waals surface area contributed by atoms with Gasteiger partial charge in [-0.2, -0.15) is 4.68 Å². The van der Waals surface area contributed by atoms with E-state index in [0.717, 1.165) is 5.69 Å². The Hall–Kier alpha value is -3.46. The van der Waals surface area contributed by atoms with E-state index in [4.69, 9.17) is 16.3 Å². The van der Waals surface area contributed by atoms with Crippen LogP contribution in [0.1, 0.15) is 61.8 Å². The van der Waals surface area contributed by atoms with Crippen molar-refractivity contribution in [3.63, 3.8) is 0 Å². The van der Waals surface area contributed by atoms with Gasteiger partial charge < -0.3 is 10.1 Å². The van der Waals surface area contributed by atoms with Gasteiger partial charge in [-0.05, 0) is 50.8 Å².